The first-order chi connectivity index (χ1) is 14.5. The van der Waals surface area contributed by atoms with Crippen LogP contribution in [0.2, 0.25) is 5.02 Å². The first-order valence-corrected chi connectivity index (χ1v) is 10.7. The monoisotopic (exact) mass is 425 g/mol. The largest absolute Gasteiger partial charge is 0.476 e. The van der Waals surface area contributed by atoms with Gasteiger partial charge in [-0.3, -0.25) is 9.59 Å². The summed E-state index contributed by atoms with van der Waals surface area (Å²) in [6.45, 7) is 1.61. The molecule has 156 valence electrons. The summed E-state index contributed by atoms with van der Waals surface area (Å²) in [7, 11) is 0. The summed E-state index contributed by atoms with van der Waals surface area (Å²) in [6, 6.07) is 12.8. The molecule has 0 aliphatic heterocycles. The highest BCUT2D eigenvalue weighted by atomic mass is 35.5. The Labute approximate surface area is 180 Å². The molecule has 0 saturated heterocycles. The molecular formula is C24H24ClNO4. The van der Waals surface area contributed by atoms with E-state index in [2.05, 4.69) is 5.32 Å². The Morgan fingerprint density at radius 1 is 1.17 bits per heavy atom. The molecule has 1 fully saturated rings. The van der Waals surface area contributed by atoms with E-state index in [1.807, 2.05) is 37.3 Å². The summed E-state index contributed by atoms with van der Waals surface area (Å²) in [6.07, 6.45) is 5.42. The number of amides is 1. The second-order valence-corrected chi connectivity index (χ2v) is 8.15. The normalized spacial score (nSPS) is 14.6. The van der Waals surface area contributed by atoms with Crippen LogP contribution in [0.5, 0.6) is 5.75 Å². The molecule has 1 N–H and O–H groups in total. The van der Waals surface area contributed by atoms with Crippen LogP contribution < -0.4 is 15.5 Å². The van der Waals surface area contributed by atoms with Crippen LogP contribution in [0.1, 0.15) is 37.7 Å². The third-order valence-corrected chi connectivity index (χ3v) is 5.89. The first-order valence-electron chi connectivity index (χ1n) is 10.3. The summed E-state index contributed by atoms with van der Waals surface area (Å²) >= 11 is 6.22. The summed E-state index contributed by atoms with van der Waals surface area (Å²) < 4.78 is 11.8. The van der Waals surface area contributed by atoms with E-state index in [1.54, 1.807) is 12.1 Å². The fourth-order valence-corrected chi connectivity index (χ4v) is 4.03. The van der Waals surface area contributed by atoms with Gasteiger partial charge in [-0.15, -0.1) is 0 Å². The number of carbonyl (C=O) groups is 1. The van der Waals surface area contributed by atoms with Crippen LogP contribution >= 0.6 is 11.6 Å². The maximum atomic E-state index is 13.2. The van der Waals surface area contributed by atoms with E-state index < -0.39 is 0 Å². The smallest absolute Gasteiger partial charge is 0.258 e. The number of hydrogen-bond acceptors (Lipinski definition) is 4. The van der Waals surface area contributed by atoms with Crippen LogP contribution in [0.4, 0.5) is 0 Å². The minimum absolute atomic E-state index is 0.0208. The SMILES string of the molecule is Cc1cc2oc(-c3ccccc3)c(OCC(=O)NC3CCCCC3)c(=O)c2cc1Cl. The maximum absolute atomic E-state index is 13.2. The van der Waals surface area contributed by atoms with Gasteiger partial charge in [0.25, 0.3) is 5.91 Å². The Balaban J connectivity index is 1.68. The maximum Gasteiger partial charge on any atom is 0.258 e. The Bertz CT molecular complexity index is 1120. The van der Waals surface area contributed by atoms with Gasteiger partial charge in [-0.1, -0.05) is 61.2 Å². The van der Waals surface area contributed by atoms with Gasteiger partial charge in [0.15, 0.2) is 12.4 Å². The molecule has 1 aromatic heterocycles. The number of halogens is 1. The lowest BCUT2D eigenvalue weighted by Crippen LogP contribution is -2.39. The van der Waals surface area contributed by atoms with Gasteiger partial charge in [0, 0.05) is 16.6 Å². The number of nitrogens with one attached hydrogen (secondary N) is 1. The lowest BCUT2D eigenvalue weighted by Gasteiger charge is -2.22. The summed E-state index contributed by atoms with van der Waals surface area (Å²) in [5.74, 6) is 0.0926. The predicted molar refractivity (Wildman–Crippen MR) is 118 cm³/mol. The lowest BCUT2D eigenvalue weighted by atomic mass is 9.95. The molecule has 4 rings (SSSR count). The van der Waals surface area contributed by atoms with Gasteiger partial charge >= 0.3 is 0 Å². The number of hydrogen-bond donors (Lipinski definition) is 1. The van der Waals surface area contributed by atoms with Crippen molar-refractivity contribution >= 4 is 28.5 Å². The predicted octanol–water partition coefficient (Wildman–Crippen LogP) is 5.25. The quantitative estimate of drug-likeness (QED) is 0.606. The zero-order valence-electron chi connectivity index (χ0n) is 16.9. The van der Waals surface area contributed by atoms with Crippen molar-refractivity contribution in [3.63, 3.8) is 0 Å². The number of fused-ring (bicyclic) bond motifs is 1. The molecule has 1 aliphatic rings. The summed E-state index contributed by atoms with van der Waals surface area (Å²) in [4.78, 5) is 25.6. The molecule has 1 heterocycles. The van der Waals surface area contributed by atoms with E-state index >= 15 is 0 Å². The zero-order valence-corrected chi connectivity index (χ0v) is 17.6. The van der Waals surface area contributed by atoms with E-state index in [9.17, 15) is 9.59 Å². The summed E-state index contributed by atoms with van der Waals surface area (Å²) in [5, 5.41) is 3.81. The number of ether oxygens (including phenoxy) is 1. The van der Waals surface area contributed by atoms with E-state index in [0.717, 1.165) is 31.2 Å². The molecule has 30 heavy (non-hydrogen) atoms. The van der Waals surface area contributed by atoms with Crippen LogP contribution in [-0.4, -0.2) is 18.6 Å². The van der Waals surface area contributed by atoms with Gasteiger partial charge in [-0.2, -0.15) is 0 Å². The second kappa shape index (κ2) is 8.92. The highest BCUT2D eigenvalue weighted by Gasteiger charge is 2.21. The van der Waals surface area contributed by atoms with Gasteiger partial charge in [0.1, 0.15) is 5.58 Å². The average Bonchev–Trinajstić information content (AvgIpc) is 2.76. The molecule has 0 unspecified atom stereocenters. The van der Waals surface area contributed by atoms with Crippen molar-refractivity contribution in [2.24, 2.45) is 0 Å². The molecule has 1 amide bonds. The zero-order chi connectivity index (χ0) is 21.1. The molecule has 0 spiro atoms. The van der Waals surface area contributed by atoms with Crippen molar-refractivity contribution in [1.29, 1.82) is 0 Å². The van der Waals surface area contributed by atoms with Gasteiger partial charge < -0.3 is 14.5 Å². The minimum Gasteiger partial charge on any atom is -0.476 e. The van der Waals surface area contributed by atoms with Crippen LogP contribution in [0, 0.1) is 6.92 Å². The highest BCUT2D eigenvalue weighted by molar-refractivity contribution is 6.32. The molecule has 1 aliphatic carbocycles. The van der Waals surface area contributed by atoms with Gasteiger partial charge in [-0.25, -0.2) is 0 Å². The molecule has 3 aromatic rings. The number of aryl methyl sites for hydroxylation is 1. The molecule has 1 saturated carbocycles. The van der Waals surface area contributed by atoms with Crippen LogP contribution in [-0.2, 0) is 4.79 Å². The van der Waals surface area contributed by atoms with E-state index in [4.69, 9.17) is 20.8 Å². The lowest BCUT2D eigenvalue weighted by molar-refractivity contribution is -0.124. The van der Waals surface area contributed by atoms with Crippen LogP contribution in [0.15, 0.2) is 51.7 Å². The highest BCUT2D eigenvalue weighted by Crippen LogP contribution is 2.32. The van der Waals surface area contributed by atoms with Gasteiger partial charge in [0.05, 0.1) is 5.39 Å². The van der Waals surface area contributed by atoms with Gasteiger partial charge in [0.2, 0.25) is 11.2 Å². The first kappa shape index (κ1) is 20.5. The third-order valence-electron chi connectivity index (χ3n) is 5.48. The standard InChI is InChI=1S/C24H24ClNO4/c1-15-12-20-18(13-19(15)25)22(28)24(23(30-20)16-8-4-2-5-9-16)29-14-21(27)26-17-10-6-3-7-11-17/h2,4-5,8-9,12-13,17H,3,6-7,10-11,14H2,1H3,(H,26,27). The van der Waals surface area contributed by atoms with Crippen LogP contribution in [0.25, 0.3) is 22.3 Å². The Kier molecular flexibility index (Phi) is 6.09. The van der Waals surface area contributed by atoms with Crippen molar-refractivity contribution in [3.8, 4) is 17.1 Å². The molecule has 5 nitrogen and oxygen atoms in total. The molecular weight excluding hydrogens is 402 g/mol. The van der Waals surface area contributed by atoms with E-state index in [-0.39, 0.29) is 29.7 Å². The average molecular weight is 426 g/mol. The Morgan fingerprint density at radius 3 is 2.63 bits per heavy atom. The molecule has 6 heteroatoms. The molecule has 0 radical (unpaired) electrons. The van der Waals surface area contributed by atoms with Crippen molar-refractivity contribution < 1.29 is 13.9 Å². The van der Waals surface area contributed by atoms with E-state index in [1.165, 1.54) is 6.42 Å². The van der Waals surface area contributed by atoms with Crippen molar-refractivity contribution in [2.75, 3.05) is 6.61 Å². The number of benzene rings is 2. The van der Waals surface area contributed by atoms with E-state index in [0.29, 0.717) is 27.3 Å². The van der Waals surface area contributed by atoms with Crippen LogP contribution in [0.3, 0.4) is 0 Å². The van der Waals surface area contributed by atoms with Crippen molar-refractivity contribution in [3.05, 3.63) is 63.3 Å². The second-order valence-electron chi connectivity index (χ2n) is 7.74. The Hall–Kier alpha value is -2.79. The molecule has 0 bridgehead atoms. The Morgan fingerprint density at radius 2 is 1.90 bits per heavy atom. The molecule has 0 atom stereocenters. The summed E-state index contributed by atoms with van der Waals surface area (Å²) in [5.41, 5.74) is 1.60. The fraction of sp³-hybridized carbons (Fsp3) is 0.333. The fourth-order valence-electron chi connectivity index (χ4n) is 3.86. The third kappa shape index (κ3) is 4.36. The van der Waals surface area contributed by atoms with Crippen molar-refractivity contribution in [1.82, 2.24) is 5.32 Å². The topological polar surface area (TPSA) is 68.5 Å². The van der Waals surface area contributed by atoms with Crippen molar-refractivity contribution in [2.45, 2.75) is 45.1 Å². The van der Waals surface area contributed by atoms with Gasteiger partial charge in [-0.05, 0) is 37.5 Å². The molecule has 2 aromatic carbocycles. The number of carbonyl (C=O) groups excluding carboxylic acids is 1. The number of rotatable bonds is 5. The minimum atomic E-state index is -0.345.